The standard InChI is InChI=1S/C39H39ClN10O11S3/c1-3-50(29-10-5-11-30(23-29)62(52,53)20-19-60-2)39-44-37(40)43-38(45-39)42-27-8-4-9-28(22-27)47-49-35-32(63(54,55)56)21-25-14-17-31(34(41)33(25)36(35)51)48-46-26-15-12-24(13-16-26)7-6-18-61-64(57,58)59/h4-5,8-17,21-23,51H,3,6-7,18-20,41H2,1-2H3,(H,54,55,56)(H,57,58,59)(H,42,43,44,45)/b48-46+,49-47+. The van der Waals surface area contributed by atoms with Gasteiger partial charge in [0.2, 0.25) is 17.2 Å². The number of phenolic OH excluding ortho intramolecular Hbond substituents is 1. The summed E-state index contributed by atoms with van der Waals surface area (Å²) in [6.07, 6.45) is 0.784. The number of anilines is 5. The zero-order valence-corrected chi connectivity index (χ0v) is 37.0. The summed E-state index contributed by atoms with van der Waals surface area (Å²) < 4.78 is 100. The molecule has 1 aromatic heterocycles. The van der Waals surface area contributed by atoms with Crippen molar-refractivity contribution < 1.29 is 48.4 Å². The van der Waals surface area contributed by atoms with E-state index in [4.69, 9.17) is 26.6 Å². The molecule has 6 N–H and O–H groups in total. The molecule has 1 heterocycles. The van der Waals surface area contributed by atoms with Crippen LogP contribution in [0.15, 0.2) is 121 Å². The minimum Gasteiger partial charge on any atom is -0.505 e. The van der Waals surface area contributed by atoms with E-state index < -0.39 is 46.7 Å². The van der Waals surface area contributed by atoms with E-state index in [1.165, 1.54) is 43.5 Å². The lowest BCUT2D eigenvalue weighted by molar-refractivity contribution is 0.217. The molecule has 0 aliphatic carbocycles. The SMILES string of the molecule is CCN(c1cccc(S(=O)(=O)CCOC)c1)c1nc(Cl)nc(Nc2cccc(/N=N/c3c(S(=O)(=O)O)cc4ccc(/N=N/c5ccc(CCCOS(=O)(=O)O)cc5)c(N)c4c3O)c2)n1. The first-order valence-electron chi connectivity index (χ1n) is 18.8. The monoisotopic (exact) mass is 954 g/mol. The van der Waals surface area contributed by atoms with Crippen LogP contribution in [0, 0.1) is 0 Å². The van der Waals surface area contributed by atoms with E-state index in [0.29, 0.717) is 36.4 Å². The Hall–Kier alpha value is -6.25. The smallest absolute Gasteiger partial charge is 0.397 e. The Morgan fingerprint density at radius 2 is 1.56 bits per heavy atom. The third-order valence-corrected chi connectivity index (χ3v) is 12.3. The first-order valence-corrected chi connectivity index (χ1v) is 23.7. The highest BCUT2D eigenvalue weighted by Gasteiger charge is 2.24. The lowest BCUT2D eigenvalue weighted by Crippen LogP contribution is -2.20. The van der Waals surface area contributed by atoms with Gasteiger partial charge in [-0.15, -0.1) is 10.2 Å². The van der Waals surface area contributed by atoms with E-state index in [1.807, 2.05) is 6.92 Å². The second-order valence-corrected chi connectivity index (χ2v) is 18.4. The van der Waals surface area contributed by atoms with Crippen molar-refractivity contribution in [1.82, 2.24) is 15.0 Å². The largest absolute Gasteiger partial charge is 0.505 e. The number of methoxy groups -OCH3 is 1. The number of hydrogen-bond donors (Lipinski definition) is 5. The Labute approximate surface area is 372 Å². The fourth-order valence-electron chi connectivity index (χ4n) is 6.11. The quantitative estimate of drug-likeness (QED) is 0.0221. The number of nitrogen functional groups attached to an aromatic ring is 1. The summed E-state index contributed by atoms with van der Waals surface area (Å²) in [5.74, 6) is -0.803. The molecular weight excluding hydrogens is 916 g/mol. The molecule has 0 atom stereocenters. The predicted molar refractivity (Wildman–Crippen MR) is 238 cm³/mol. The molecule has 25 heteroatoms. The zero-order valence-electron chi connectivity index (χ0n) is 33.8. The van der Waals surface area contributed by atoms with Crippen LogP contribution in [-0.4, -0.2) is 87.0 Å². The zero-order chi connectivity index (χ0) is 46.2. The molecule has 0 unspecified atom stereocenters. The van der Waals surface area contributed by atoms with Gasteiger partial charge in [0.15, 0.2) is 15.6 Å². The van der Waals surface area contributed by atoms with Gasteiger partial charge in [-0.2, -0.15) is 42.0 Å². The maximum absolute atomic E-state index is 12.9. The van der Waals surface area contributed by atoms with Gasteiger partial charge in [-0.3, -0.25) is 9.11 Å². The molecule has 21 nitrogen and oxygen atoms in total. The number of ether oxygens (including phenoxy) is 1. The Bertz CT molecular complexity index is 3090. The number of hydrogen-bond acceptors (Lipinski definition) is 19. The first kappa shape index (κ1) is 47.2. The summed E-state index contributed by atoms with van der Waals surface area (Å²) in [6, 6.07) is 23.2. The number of nitrogens with one attached hydrogen (secondary N) is 1. The van der Waals surface area contributed by atoms with Crippen molar-refractivity contribution in [2.75, 3.05) is 48.6 Å². The molecular formula is C39H39ClN10O11S3. The molecule has 6 aromatic rings. The number of fused-ring (bicyclic) bond motifs is 1. The van der Waals surface area contributed by atoms with E-state index in [1.54, 1.807) is 53.4 Å². The van der Waals surface area contributed by atoms with Gasteiger partial charge in [0, 0.05) is 25.0 Å². The van der Waals surface area contributed by atoms with Crippen LogP contribution in [0.5, 0.6) is 5.75 Å². The van der Waals surface area contributed by atoms with Crippen molar-refractivity contribution in [3.05, 3.63) is 102 Å². The number of azo groups is 2. The van der Waals surface area contributed by atoms with E-state index in [9.17, 15) is 34.9 Å². The van der Waals surface area contributed by atoms with Crippen molar-refractivity contribution in [1.29, 1.82) is 0 Å². The van der Waals surface area contributed by atoms with Gasteiger partial charge in [-0.25, -0.2) is 12.6 Å². The molecule has 0 bridgehead atoms. The molecule has 0 saturated carbocycles. The highest BCUT2D eigenvalue weighted by Crippen LogP contribution is 2.46. The number of halogens is 1. The topological polar surface area (TPSA) is 311 Å². The van der Waals surface area contributed by atoms with Crippen molar-refractivity contribution in [2.45, 2.75) is 29.6 Å². The number of aryl methyl sites for hydroxylation is 1. The number of aromatic nitrogens is 3. The number of benzene rings is 5. The van der Waals surface area contributed by atoms with Gasteiger partial charge in [0.25, 0.3) is 10.1 Å². The van der Waals surface area contributed by atoms with Crippen molar-refractivity contribution >= 4 is 104 Å². The molecule has 0 aliphatic rings. The van der Waals surface area contributed by atoms with Gasteiger partial charge in [-0.05, 0) is 103 Å². The number of nitrogens with two attached hydrogens (primary N) is 1. The minimum atomic E-state index is -4.97. The molecule has 6 rings (SSSR count). The molecule has 0 radical (unpaired) electrons. The highest BCUT2D eigenvalue weighted by molar-refractivity contribution is 7.91. The fourth-order valence-corrected chi connectivity index (χ4v) is 8.46. The van der Waals surface area contributed by atoms with Crippen LogP contribution in [0.4, 0.5) is 51.7 Å². The van der Waals surface area contributed by atoms with Crippen LogP contribution in [0.25, 0.3) is 10.8 Å². The van der Waals surface area contributed by atoms with Crippen LogP contribution < -0.4 is 16.0 Å². The number of phenols is 1. The molecule has 0 spiro atoms. The number of rotatable bonds is 19. The van der Waals surface area contributed by atoms with E-state index in [0.717, 1.165) is 11.6 Å². The molecule has 0 amide bonds. The molecule has 64 heavy (non-hydrogen) atoms. The van der Waals surface area contributed by atoms with Crippen LogP contribution in [0.2, 0.25) is 5.28 Å². The maximum atomic E-state index is 12.9. The van der Waals surface area contributed by atoms with E-state index >= 15 is 0 Å². The second-order valence-electron chi connectivity index (χ2n) is 13.5. The van der Waals surface area contributed by atoms with Gasteiger partial charge in [0.05, 0.1) is 46.3 Å². The van der Waals surface area contributed by atoms with Crippen molar-refractivity contribution in [3.63, 3.8) is 0 Å². The first-order chi connectivity index (χ1) is 30.3. The van der Waals surface area contributed by atoms with Gasteiger partial charge in [0.1, 0.15) is 16.3 Å². The fraction of sp³-hybridized carbons (Fsp3) is 0.205. The van der Waals surface area contributed by atoms with E-state index in [2.05, 4.69) is 44.9 Å². The summed E-state index contributed by atoms with van der Waals surface area (Å²) >= 11 is 6.31. The van der Waals surface area contributed by atoms with Crippen LogP contribution in [0.3, 0.4) is 0 Å². The molecule has 0 saturated heterocycles. The summed E-state index contributed by atoms with van der Waals surface area (Å²) in [7, 11) is -11.7. The summed E-state index contributed by atoms with van der Waals surface area (Å²) in [5.41, 5.74) is 8.09. The third kappa shape index (κ3) is 12.1. The summed E-state index contributed by atoms with van der Waals surface area (Å²) in [5, 5.41) is 30.9. The van der Waals surface area contributed by atoms with E-state index in [-0.39, 0.29) is 68.9 Å². The maximum Gasteiger partial charge on any atom is 0.397 e. The van der Waals surface area contributed by atoms with Crippen molar-refractivity contribution in [3.8, 4) is 5.75 Å². The average Bonchev–Trinajstić information content (AvgIpc) is 3.24. The van der Waals surface area contributed by atoms with Crippen LogP contribution in [0.1, 0.15) is 18.9 Å². The molecule has 336 valence electrons. The van der Waals surface area contributed by atoms with Gasteiger partial charge < -0.3 is 25.8 Å². The lowest BCUT2D eigenvalue weighted by Gasteiger charge is -2.22. The summed E-state index contributed by atoms with van der Waals surface area (Å²) in [4.78, 5) is 13.9. The number of aromatic hydroxyl groups is 1. The van der Waals surface area contributed by atoms with Gasteiger partial charge >= 0.3 is 10.4 Å². The number of nitrogens with zero attached hydrogens (tertiary/aromatic N) is 8. The van der Waals surface area contributed by atoms with Crippen LogP contribution in [-0.2, 0) is 45.7 Å². The normalized spacial score (nSPS) is 12.4. The predicted octanol–water partition coefficient (Wildman–Crippen LogP) is 8.12. The Morgan fingerprint density at radius 3 is 2.27 bits per heavy atom. The molecule has 0 fully saturated rings. The molecule has 5 aromatic carbocycles. The third-order valence-electron chi connectivity index (χ3n) is 9.13. The highest BCUT2D eigenvalue weighted by atomic mass is 35.5. The Morgan fingerprint density at radius 1 is 0.828 bits per heavy atom. The van der Waals surface area contributed by atoms with Gasteiger partial charge in [-0.1, -0.05) is 30.3 Å². The lowest BCUT2D eigenvalue weighted by atomic mass is 10.1. The summed E-state index contributed by atoms with van der Waals surface area (Å²) in [6.45, 7) is 1.97. The second kappa shape index (κ2) is 20.1. The van der Waals surface area contributed by atoms with Crippen LogP contribution >= 0.6 is 11.6 Å². The Kier molecular flexibility index (Phi) is 14.8. The Balaban J connectivity index is 1.24. The molecule has 0 aliphatic heterocycles. The average molecular weight is 955 g/mol. The minimum absolute atomic E-state index is 0.00900. The number of sulfone groups is 1. The van der Waals surface area contributed by atoms with Crippen molar-refractivity contribution in [2.24, 2.45) is 20.5 Å².